The van der Waals surface area contributed by atoms with E-state index in [2.05, 4.69) is 28.9 Å². The van der Waals surface area contributed by atoms with Crippen LogP contribution in [0.5, 0.6) is 0 Å². The predicted octanol–water partition coefficient (Wildman–Crippen LogP) is 2.23. The Labute approximate surface area is 155 Å². The van der Waals surface area contributed by atoms with Crippen LogP contribution < -0.4 is 0 Å². The third kappa shape index (κ3) is 5.16. The van der Waals surface area contributed by atoms with E-state index in [1.165, 1.54) is 6.42 Å². The van der Waals surface area contributed by atoms with Crippen LogP contribution in [0.15, 0.2) is 47.2 Å². The number of amides is 1. The number of likely N-dealkylation sites (N-methyl/N-ethyl adjacent to an activating group) is 2. The summed E-state index contributed by atoms with van der Waals surface area (Å²) in [4.78, 5) is 23.7. The molecule has 1 atom stereocenters. The van der Waals surface area contributed by atoms with E-state index in [1.807, 2.05) is 35.2 Å². The number of furan rings is 1. The zero-order chi connectivity index (χ0) is 18.4. The fourth-order valence-corrected chi connectivity index (χ4v) is 3.39. The van der Waals surface area contributed by atoms with Gasteiger partial charge in [-0.1, -0.05) is 6.07 Å². The molecular weight excluding hydrogens is 328 g/mol. The van der Waals surface area contributed by atoms with E-state index in [-0.39, 0.29) is 5.91 Å². The van der Waals surface area contributed by atoms with Crippen LogP contribution >= 0.6 is 0 Å². The molecule has 0 radical (unpaired) electrons. The molecule has 1 saturated heterocycles. The Balaban J connectivity index is 1.58. The van der Waals surface area contributed by atoms with Crippen molar-refractivity contribution in [3.63, 3.8) is 0 Å². The van der Waals surface area contributed by atoms with Crippen molar-refractivity contribution in [2.24, 2.45) is 0 Å². The number of aromatic nitrogens is 1. The zero-order valence-corrected chi connectivity index (χ0v) is 15.7. The van der Waals surface area contributed by atoms with Crippen LogP contribution in [0.3, 0.4) is 0 Å². The molecule has 26 heavy (non-hydrogen) atoms. The summed E-state index contributed by atoms with van der Waals surface area (Å²) < 4.78 is 5.44. The Morgan fingerprint density at radius 1 is 1.31 bits per heavy atom. The van der Waals surface area contributed by atoms with Crippen molar-refractivity contribution in [3.05, 3.63) is 54.2 Å². The number of pyridine rings is 1. The van der Waals surface area contributed by atoms with Crippen LogP contribution in [0.25, 0.3) is 0 Å². The van der Waals surface area contributed by atoms with Crippen molar-refractivity contribution in [1.82, 2.24) is 19.7 Å². The van der Waals surface area contributed by atoms with Gasteiger partial charge in [-0.15, -0.1) is 0 Å². The summed E-state index contributed by atoms with van der Waals surface area (Å²) in [5, 5.41) is 0. The van der Waals surface area contributed by atoms with Gasteiger partial charge in [-0.05, 0) is 51.3 Å². The van der Waals surface area contributed by atoms with Crippen LogP contribution in [-0.4, -0.2) is 65.4 Å². The smallest absolute Gasteiger partial charge is 0.224 e. The second kappa shape index (κ2) is 8.96. The standard InChI is InChI=1S/C20H28N4O2/c1-22-11-8-18(15-22)23(2)12-9-20(25)24(16-19-7-5-13-26-19)14-17-6-3-4-10-21-17/h3-7,10,13,18H,8-9,11-12,14-16H2,1-2H3. The third-order valence-electron chi connectivity index (χ3n) is 5.03. The lowest BCUT2D eigenvalue weighted by molar-refractivity contribution is -0.133. The summed E-state index contributed by atoms with van der Waals surface area (Å²) in [7, 11) is 4.27. The summed E-state index contributed by atoms with van der Waals surface area (Å²) >= 11 is 0. The van der Waals surface area contributed by atoms with Gasteiger partial charge in [0.25, 0.3) is 0 Å². The van der Waals surface area contributed by atoms with Gasteiger partial charge < -0.3 is 19.1 Å². The number of hydrogen-bond donors (Lipinski definition) is 0. The number of rotatable bonds is 8. The van der Waals surface area contributed by atoms with Gasteiger partial charge in [-0.3, -0.25) is 9.78 Å². The molecule has 1 fully saturated rings. The molecule has 140 valence electrons. The first-order valence-electron chi connectivity index (χ1n) is 9.20. The molecule has 1 amide bonds. The van der Waals surface area contributed by atoms with Crippen molar-refractivity contribution in [1.29, 1.82) is 0 Å². The van der Waals surface area contributed by atoms with E-state index >= 15 is 0 Å². The van der Waals surface area contributed by atoms with Crippen molar-refractivity contribution < 1.29 is 9.21 Å². The fourth-order valence-electron chi connectivity index (χ4n) is 3.39. The monoisotopic (exact) mass is 356 g/mol. The Bertz CT molecular complexity index is 674. The van der Waals surface area contributed by atoms with Crippen molar-refractivity contribution >= 4 is 5.91 Å². The number of likely N-dealkylation sites (tertiary alicyclic amines) is 1. The number of nitrogens with zero attached hydrogens (tertiary/aromatic N) is 4. The highest BCUT2D eigenvalue weighted by atomic mass is 16.3. The van der Waals surface area contributed by atoms with E-state index in [9.17, 15) is 4.79 Å². The molecule has 0 aliphatic carbocycles. The van der Waals surface area contributed by atoms with Crippen LogP contribution in [0.1, 0.15) is 24.3 Å². The second-order valence-corrected chi connectivity index (χ2v) is 7.09. The van der Waals surface area contributed by atoms with Gasteiger partial charge in [0, 0.05) is 31.7 Å². The van der Waals surface area contributed by atoms with E-state index < -0.39 is 0 Å². The molecule has 1 unspecified atom stereocenters. The summed E-state index contributed by atoms with van der Waals surface area (Å²) in [6.45, 7) is 3.95. The molecule has 2 aromatic rings. The van der Waals surface area contributed by atoms with E-state index in [4.69, 9.17) is 4.42 Å². The van der Waals surface area contributed by atoms with Gasteiger partial charge >= 0.3 is 0 Å². The quantitative estimate of drug-likeness (QED) is 0.726. The topological polar surface area (TPSA) is 52.8 Å². The predicted molar refractivity (Wildman–Crippen MR) is 100 cm³/mol. The highest BCUT2D eigenvalue weighted by molar-refractivity contribution is 5.76. The molecule has 1 aliphatic rings. The van der Waals surface area contributed by atoms with Gasteiger partial charge in [0.2, 0.25) is 5.91 Å². The number of hydrogen-bond acceptors (Lipinski definition) is 5. The molecule has 3 heterocycles. The highest BCUT2D eigenvalue weighted by Crippen LogP contribution is 2.14. The minimum absolute atomic E-state index is 0.130. The maximum absolute atomic E-state index is 12.9. The second-order valence-electron chi connectivity index (χ2n) is 7.09. The third-order valence-corrected chi connectivity index (χ3v) is 5.03. The first-order chi connectivity index (χ1) is 12.6. The summed E-state index contributed by atoms with van der Waals surface area (Å²) in [6.07, 6.45) is 5.08. The lowest BCUT2D eigenvalue weighted by Crippen LogP contribution is -2.38. The van der Waals surface area contributed by atoms with Crippen LogP contribution in [0.4, 0.5) is 0 Å². The Morgan fingerprint density at radius 3 is 2.85 bits per heavy atom. The van der Waals surface area contributed by atoms with E-state index in [1.54, 1.807) is 12.5 Å². The molecule has 0 spiro atoms. The van der Waals surface area contributed by atoms with E-state index in [0.717, 1.165) is 31.1 Å². The fraction of sp³-hybridized carbons (Fsp3) is 0.500. The van der Waals surface area contributed by atoms with Crippen molar-refractivity contribution in [3.8, 4) is 0 Å². The molecule has 6 heteroatoms. The van der Waals surface area contributed by atoms with Crippen LogP contribution in [0.2, 0.25) is 0 Å². The Morgan fingerprint density at radius 2 is 2.19 bits per heavy atom. The first kappa shape index (κ1) is 18.6. The van der Waals surface area contributed by atoms with Gasteiger partial charge in [0.05, 0.1) is 25.0 Å². The van der Waals surface area contributed by atoms with Gasteiger partial charge in [0.15, 0.2) is 0 Å². The molecule has 3 rings (SSSR count). The lowest BCUT2D eigenvalue weighted by Gasteiger charge is -2.26. The largest absolute Gasteiger partial charge is 0.467 e. The summed E-state index contributed by atoms with van der Waals surface area (Å²) in [5.74, 6) is 0.922. The Kier molecular flexibility index (Phi) is 6.41. The molecule has 0 bridgehead atoms. The highest BCUT2D eigenvalue weighted by Gasteiger charge is 2.24. The maximum Gasteiger partial charge on any atom is 0.224 e. The Hall–Kier alpha value is -2.18. The molecular formula is C20H28N4O2. The summed E-state index contributed by atoms with van der Waals surface area (Å²) in [5.41, 5.74) is 0.887. The van der Waals surface area contributed by atoms with Crippen LogP contribution in [-0.2, 0) is 17.9 Å². The molecule has 0 aromatic carbocycles. The maximum atomic E-state index is 12.9. The zero-order valence-electron chi connectivity index (χ0n) is 15.7. The normalized spacial score (nSPS) is 17.7. The summed E-state index contributed by atoms with van der Waals surface area (Å²) in [6, 6.07) is 10.1. The van der Waals surface area contributed by atoms with Crippen molar-refractivity contribution in [2.45, 2.75) is 32.0 Å². The van der Waals surface area contributed by atoms with Gasteiger partial charge in [-0.25, -0.2) is 0 Å². The van der Waals surface area contributed by atoms with E-state index in [0.29, 0.717) is 25.6 Å². The molecule has 1 aliphatic heterocycles. The molecule has 0 N–H and O–H groups in total. The lowest BCUT2D eigenvalue weighted by atomic mass is 10.2. The van der Waals surface area contributed by atoms with Gasteiger partial charge in [0.1, 0.15) is 5.76 Å². The number of carbonyl (C=O) groups excluding carboxylic acids is 1. The average Bonchev–Trinajstić information content (AvgIpc) is 3.31. The molecule has 2 aromatic heterocycles. The van der Waals surface area contributed by atoms with Gasteiger partial charge in [-0.2, -0.15) is 0 Å². The molecule has 6 nitrogen and oxygen atoms in total. The van der Waals surface area contributed by atoms with Crippen molar-refractivity contribution in [2.75, 3.05) is 33.7 Å². The number of carbonyl (C=O) groups is 1. The minimum atomic E-state index is 0.130. The molecule has 0 saturated carbocycles. The average molecular weight is 356 g/mol. The minimum Gasteiger partial charge on any atom is -0.467 e. The first-order valence-corrected chi connectivity index (χ1v) is 9.20. The van der Waals surface area contributed by atoms with Crippen LogP contribution in [0, 0.1) is 0 Å². The SMILES string of the molecule is CN1CCC(N(C)CCC(=O)N(Cc2ccccn2)Cc2ccco2)C1.